The number of sulfonamides is 1. The van der Waals surface area contributed by atoms with Crippen LogP contribution in [-0.2, 0) is 10.0 Å². The van der Waals surface area contributed by atoms with E-state index in [1.807, 2.05) is 13.0 Å². The number of nitriles is 1. The van der Waals surface area contributed by atoms with Crippen molar-refractivity contribution in [2.75, 3.05) is 0 Å². The predicted molar refractivity (Wildman–Crippen MR) is 58.8 cm³/mol. The van der Waals surface area contributed by atoms with Gasteiger partial charge in [-0.2, -0.15) is 9.98 Å². The highest BCUT2D eigenvalue weighted by Crippen LogP contribution is 2.10. The Morgan fingerprint density at radius 1 is 1.59 bits per heavy atom. The number of rotatable bonds is 5. The van der Waals surface area contributed by atoms with E-state index in [9.17, 15) is 12.8 Å². The summed E-state index contributed by atoms with van der Waals surface area (Å²) in [6.45, 7) is 1.84. The van der Waals surface area contributed by atoms with Crippen molar-refractivity contribution in [3.8, 4) is 6.07 Å². The van der Waals surface area contributed by atoms with E-state index in [1.54, 1.807) is 0 Å². The summed E-state index contributed by atoms with van der Waals surface area (Å²) in [6, 6.07) is 1.88. The number of pyridine rings is 1. The summed E-state index contributed by atoms with van der Waals surface area (Å²) in [5.74, 6) is -0.739. The first kappa shape index (κ1) is 13.5. The second-order valence-electron chi connectivity index (χ2n) is 3.43. The van der Waals surface area contributed by atoms with Crippen LogP contribution in [0.4, 0.5) is 4.39 Å². The Labute approximate surface area is 99.3 Å². The van der Waals surface area contributed by atoms with Gasteiger partial charge in [0.1, 0.15) is 16.8 Å². The average molecular weight is 257 g/mol. The van der Waals surface area contributed by atoms with E-state index in [4.69, 9.17) is 5.26 Å². The minimum absolute atomic E-state index is 0.283. The van der Waals surface area contributed by atoms with Crippen molar-refractivity contribution in [2.45, 2.75) is 30.7 Å². The van der Waals surface area contributed by atoms with Crippen LogP contribution in [0.25, 0.3) is 0 Å². The molecule has 5 nitrogen and oxygen atoms in total. The molecule has 0 aliphatic rings. The van der Waals surface area contributed by atoms with Gasteiger partial charge >= 0.3 is 0 Å². The molecule has 92 valence electrons. The molecule has 0 saturated heterocycles. The summed E-state index contributed by atoms with van der Waals surface area (Å²) in [5.41, 5.74) is 0. The SMILES string of the molecule is CCCC(C#N)NS(=O)(=O)c1cncc(F)c1. The molecule has 0 bridgehead atoms. The van der Waals surface area contributed by atoms with E-state index in [1.165, 1.54) is 0 Å². The number of nitrogens with zero attached hydrogens (tertiary/aromatic N) is 2. The highest BCUT2D eigenvalue weighted by molar-refractivity contribution is 7.89. The van der Waals surface area contributed by atoms with Gasteiger partial charge in [-0.3, -0.25) is 4.98 Å². The van der Waals surface area contributed by atoms with Gasteiger partial charge in [0.2, 0.25) is 10.0 Å². The first-order valence-electron chi connectivity index (χ1n) is 5.02. The fraction of sp³-hybridized carbons (Fsp3) is 0.400. The maximum absolute atomic E-state index is 12.8. The van der Waals surface area contributed by atoms with Gasteiger partial charge < -0.3 is 0 Å². The largest absolute Gasteiger partial charge is 0.260 e. The maximum Gasteiger partial charge on any atom is 0.243 e. The minimum atomic E-state index is -3.89. The highest BCUT2D eigenvalue weighted by atomic mass is 32.2. The van der Waals surface area contributed by atoms with E-state index < -0.39 is 21.9 Å². The fourth-order valence-corrected chi connectivity index (χ4v) is 2.38. The molecule has 1 heterocycles. The lowest BCUT2D eigenvalue weighted by atomic mass is 10.2. The average Bonchev–Trinajstić information content (AvgIpc) is 2.28. The van der Waals surface area contributed by atoms with E-state index in [-0.39, 0.29) is 4.90 Å². The molecule has 1 unspecified atom stereocenters. The first-order valence-corrected chi connectivity index (χ1v) is 6.50. The Morgan fingerprint density at radius 3 is 2.82 bits per heavy atom. The van der Waals surface area contributed by atoms with Crippen LogP contribution in [0.3, 0.4) is 0 Å². The Morgan fingerprint density at radius 2 is 2.29 bits per heavy atom. The van der Waals surface area contributed by atoms with Gasteiger partial charge in [-0.1, -0.05) is 13.3 Å². The van der Waals surface area contributed by atoms with Crippen molar-refractivity contribution < 1.29 is 12.8 Å². The third kappa shape index (κ3) is 3.76. The minimum Gasteiger partial charge on any atom is -0.260 e. The predicted octanol–water partition coefficient (Wildman–Crippen LogP) is 1.19. The van der Waals surface area contributed by atoms with E-state index in [2.05, 4.69) is 9.71 Å². The lowest BCUT2D eigenvalue weighted by molar-refractivity contribution is 0.559. The molecule has 0 aliphatic heterocycles. The molecule has 17 heavy (non-hydrogen) atoms. The van der Waals surface area contributed by atoms with Gasteiger partial charge in [0, 0.05) is 6.20 Å². The molecular formula is C10H12FN3O2S. The van der Waals surface area contributed by atoms with Crippen molar-refractivity contribution in [2.24, 2.45) is 0 Å². The lowest BCUT2D eigenvalue weighted by Crippen LogP contribution is -2.33. The van der Waals surface area contributed by atoms with Crippen LogP contribution < -0.4 is 4.72 Å². The number of hydrogen-bond donors (Lipinski definition) is 1. The molecule has 0 radical (unpaired) electrons. The number of aromatic nitrogens is 1. The third-order valence-corrected chi connectivity index (χ3v) is 3.46. The molecule has 1 rings (SSSR count). The molecule has 0 aliphatic carbocycles. The molecule has 0 fully saturated rings. The molecule has 0 spiro atoms. The Balaban J connectivity index is 2.93. The number of hydrogen-bond acceptors (Lipinski definition) is 4. The van der Waals surface area contributed by atoms with Crippen LogP contribution in [0.15, 0.2) is 23.4 Å². The Bertz CT molecular complexity index is 525. The van der Waals surface area contributed by atoms with Gasteiger partial charge in [-0.15, -0.1) is 0 Å². The molecule has 0 aromatic carbocycles. The second kappa shape index (κ2) is 5.70. The van der Waals surface area contributed by atoms with Crippen LogP contribution in [0.5, 0.6) is 0 Å². The molecular weight excluding hydrogens is 245 g/mol. The van der Waals surface area contributed by atoms with Gasteiger partial charge in [-0.25, -0.2) is 12.8 Å². The molecule has 0 saturated carbocycles. The topological polar surface area (TPSA) is 82.9 Å². The van der Waals surface area contributed by atoms with E-state index in [0.29, 0.717) is 12.8 Å². The first-order chi connectivity index (χ1) is 7.99. The molecule has 1 aromatic rings. The van der Waals surface area contributed by atoms with Crippen molar-refractivity contribution in [1.82, 2.24) is 9.71 Å². The van der Waals surface area contributed by atoms with Crippen LogP contribution in [-0.4, -0.2) is 19.4 Å². The van der Waals surface area contributed by atoms with Crippen LogP contribution in [0.1, 0.15) is 19.8 Å². The summed E-state index contributed by atoms with van der Waals surface area (Å²) in [4.78, 5) is 3.17. The van der Waals surface area contributed by atoms with Crippen molar-refractivity contribution in [1.29, 1.82) is 5.26 Å². The molecule has 1 atom stereocenters. The Hall–Kier alpha value is -1.52. The smallest absolute Gasteiger partial charge is 0.243 e. The van der Waals surface area contributed by atoms with Crippen LogP contribution >= 0.6 is 0 Å². The summed E-state index contributed by atoms with van der Waals surface area (Å²) < 4.78 is 38.6. The van der Waals surface area contributed by atoms with Gasteiger partial charge in [0.15, 0.2) is 0 Å². The maximum atomic E-state index is 12.8. The summed E-state index contributed by atoms with van der Waals surface area (Å²) in [7, 11) is -3.89. The third-order valence-electron chi connectivity index (χ3n) is 2.02. The van der Waals surface area contributed by atoms with Crippen molar-refractivity contribution >= 4 is 10.0 Å². The molecule has 1 N–H and O–H groups in total. The second-order valence-corrected chi connectivity index (χ2v) is 5.14. The number of halogens is 1. The summed E-state index contributed by atoms with van der Waals surface area (Å²) in [6.07, 6.45) is 3.01. The lowest BCUT2D eigenvalue weighted by Gasteiger charge is -2.10. The number of nitrogens with one attached hydrogen (secondary N) is 1. The van der Waals surface area contributed by atoms with Gasteiger partial charge in [0.25, 0.3) is 0 Å². The van der Waals surface area contributed by atoms with Crippen LogP contribution in [0, 0.1) is 17.1 Å². The van der Waals surface area contributed by atoms with E-state index >= 15 is 0 Å². The van der Waals surface area contributed by atoms with Crippen molar-refractivity contribution in [3.63, 3.8) is 0 Å². The van der Waals surface area contributed by atoms with Gasteiger partial charge in [0.05, 0.1) is 12.3 Å². The standard InChI is InChI=1S/C10H12FN3O2S/c1-2-3-9(5-12)14-17(15,16)10-4-8(11)6-13-7-10/h4,6-7,9,14H,2-3H2,1H3. The zero-order valence-corrected chi connectivity index (χ0v) is 10.0. The molecule has 0 amide bonds. The summed E-state index contributed by atoms with van der Waals surface area (Å²) >= 11 is 0. The van der Waals surface area contributed by atoms with Gasteiger partial charge in [-0.05, 0) is 12.5 Å². The zero-order chi connectivity index (χ0) is 12.9. The zero-order valence-electron chi connectivity index (χ0n) is 9.22. The fourth-order valence-electron chi connectivity index (χ4n) is 1.23. The quantitative estimate of drug-likeness (QED) is 0.858. The van der Waals surface area contributed by atoms with Crippen LogP contribution in [0.2, 0.25) is 0 Å². The molecule has 1 aromatic heterocycles. The molecule has 7 heteroatoms. The highest BCUT2D eigenvalue weighted by Gasteiger charge is 2.20. The summed E-state index contributed by atoms with van der Waals surface area (Å²) in [5, 5.41) is 8.76. The monoisotopic (exact) mass is 257 g/mol. The van der Waals surface area contributed by atoms with Crippen molar-refractivity contribution in [3.05, 3.63) is 24.3 Å². The normalized spacial score (nSPS) is 13.0. The Kier molecular flexibility index (Phi) is 4.54. The van der Waals surface area contributed by atoms with E-state index in [0.717, 1.165) is 18.5 Å².